The summed E-state index contributed by atoms with van der Waals surface area (Å²) >= 11 is 3.32. The number of nitro benzene ring substituents is 1. The lowest BCUT2D eigenvalue weighted by molar-refractivity contribution is -0.385. The van der Waals surface area contributed by atoms with Gasteiger partial charge in [-0.05, 0) is 31.2 Å². The van der Waals surface area contributed by atoms with Crippen molar-refractivity contribution in [2.75, 3.05) is 20.8 Å². The number of esters is 1. The Morgan fingerprint density at radius 1 is 1.31 bits per heavy atom. The lowest BCUT2D eigenvalue weighted by atomic mass is 10.2. The number of ether oxygens (including phenoxy) is 3. The van der Waals surface area contributed by atoms with Crippen molar-refractivity contribution in [3.05, 3.63) is 66.7 Å². The summed E-state index contributed by atoms with van der Waals surface area (Å²) in [5.74, 6) is -0.599. The second-order valence-corrected chi connectivity index (χ2v) is 7.29. The molecular formula is C20H17BrN4O7. The van der Waals surface area contributed by atoms with Gasteiger partial charge >= 0.3 is 11.7 Å². The summed E-state index contributed by atoms with van der Waals surface area (Å²) in [5, 5.41) is 16.1. The van der Waals surface area contributed by atoms with Crippen LogP contribution in [0.1, 0.15) is 11.4 Å². The number of aromatic nitrogens is 2. The zero-order valence-corrected chi connectivity index (χ0v) is 18.8. The quantitative estimate of drug-likeness (QED) is 0.207. The molecule has 0 saturated carbocycles. The summed E-state index contributed by atoms with van der Waals surface area (Å²) in [4.78, 5) is 39.4. The molecule has 12 heteroatoms. The highest BCUT2D eigenvalue weighted by Gasteiger charge is 2.23. The highest BCUT2D eigenvalue weighted by atomic mass is 79.9. The van der Waals surface area contributed by atoms with Crippen molar-refractivity contribution in [2.45, 2.75) is 6.92 Å². The molecule has 0 aliphatic carbocycles. The molecule has 1 heterocycles. The molecule has 0 bridgehead atoms. The van der Waals surface area contributed by atoms with Crippen LogP contribution in [0.5, 0.6) is 11.5 Å². The van der Waals surface area contributed by atoms with Crippen LogP contribution in [-0.4, -0.2) is 47.6 Å². The molecule has 0 saturated heterocycles. The molecule has 0 amide bonds. The summed E-state index contributed by atoms with van der Waals surface area (Å²) in [6, 6.07) is 7.73. The van der Waals surface area contributed by atoms with E-state index in [-0.39, 0.29) is 17.1 Å². The van der Waals surface area contributed by atoms with Crippen molar-refractivity contribution in [2.24, 2.45) is 5.10 Å². The van der Waals surface area contributed by atoms with E-state index in [0.29, 0.717) is 21.2 Å². The first kappa shape index (κ1) is 22.9. The van der Waals surface area contributed by atoms with Gasteiger partial charge in [-0.15, -0.1) is 0 Å². The van der Waals surface area contributed by atoms with E-state index in [0.717, 1.165) is 4.68 Å². The second kappa shape index (κ2) is 9.56. The first-order valence-corrected chi connectivity index (χ1v) is 9.83. The third-order valence-electron chi connectivity index (χ3n) is 4.33. The van der Waals surface area contributed by atoms with Gasteiger partial charge in [-0.3, -0.25) is 14.9 Å². The number of hydrogen-bond acceptors (Lipinski definition) is 9. The third-order valence-corrected chi connectivity index (χ3v) is 4.82. The fraction of sp³-hybridized carbons (Fsp3) is 0.200. The molecule has 1 aromatic heterocycles. The minimum atomic E-state index is -0.711. The van der Waals surface area contributed by atoms with Gasteiger partial charge in [-0.2, -0.15) is 9.78 Å². The van der Waals surface area contributed by atoms with E-state index in [1.807, 2.05) is 0 Å². The number of halogens is 1. The molecule has 32 heavy (non-hydrogen) atoms. The van der Waals surface area contributed by atoms with Crippen LogP contribution in [0.25, 0.3) is 10.9 Å². The van der Waals surface area contributed by atoms with Crippen LogP contribution in [0.2, 0.25) is 0 Å². The Labute approximate surface area is 189 Å². The maximum Gasteiger partial charge on any atom is 0.343 e. The largest absolute Gasteiger partial charge is 0.493 e. The number of hydrogen-bond donors (Lipinski definition) is 0. The number of aryl methyl sites for hydroxylation is 1. The van der Waals surface area contributed by atoms with E-state index in [1.165, 1.54) is 32.6 Å². The van der Waals surface area contributed by atoms with Crippen molar-refractivity contribution >= 4 is 44.7 Å². The summed E-state index contributed by atoms with van der Waals surface area (Å²) in [7, 11) is 2.46. The van der Waals surface area contributed by atoms with E-state index in [9.17, 15) is 19.7 Å². The van der Waals surface area contributed by atoms with Gasteiger partial charge in [-0.1, -0.05) is 15.9 Å². The van der Waals surface area contributed by atoms with Crippen LogP contribution >= 0.6 is 15.9 Å². The zero-order valence-electron chi connectivity index (χ0n) is 17.2. The van der Waals surface area contributed by atoms with Crippen molar-refractivity contribution in [1.82, 2.24) is 9.66 Å². The second-order valence-electron chi connectivity index (χ2n) is 6.38. The van der Waals surface area contributed by atoms with Crippen LogP contribution in [0.15, 0.2) is 44.7 Å². The standard InChI is InChI=1S/C20H17BrN4O7/c1-11-23-15-5-4-13(21)8-14(15)20(27)24(11)22-9-12-6-16(25(28)29)19(17(7-12)30-2)32-10-18(26)31-3/h4-9H,10H2,1-3H3. The Kier molecular flexibility index (Phi) is 6.83. The molecule has 0 atom stereocenters. The Morgan fingerprint density at radius 3 is 2.72 bits per heavy atom. The number of methoxy groups -OCH3 is 2. The summed E-state index contributed by atoms with van der Waals surface area (Å²) < 4.78 is 16.7. The average molecular weight is 505 g/mol. The molecule has 0 N–H and O–H groups in total. The maximum atomic E-state index is 12.8. The molecule has 3 aromatic rings. The number of carbonyl (C=O) groups excluding carboxylic acids is 1. The molecule has 0 radical (unpaired) electrons. The minimum absolute atomic E-state index is 0.00851. The first-order valence-electron chi connectivity index (χ1n) is 9.04. The Bertz CT molecular complexity index is 1300. The number of carbonyl (C=O) groups is 1. The van der Waals surface area contributed by atoms with Crippen LogP contribution < -0.4 is 15.0 Å². The minimum Gasteiger partial charge on any atom is -0.493 e. The normalized spacial score (nSPS) is 11.0. The summed E-state index contributed by atoms with van der Waals surface area (Å²) in [5.41, 5.74) is -0.0601. The molecule has 0 unspecified atom stereocenters. The number of fused-ring (bicyclic) bond motifs is 1. The SMILES string of the molecule is COC(=O)COc1c(OC)cc(C=Nn2c(C)nc3ccc(Br)cc3c2=O)cc1[N+](=O)[O-]. The van der Waals surface area contributed by atoms with E-state index in [1.54, 1.807) is 25.1 Å². The number of rotatable bonds is 7. The van der Waals surface area contributed by atoms with E-state index in [4.69, 9.17) is 9.47 Å². The predicted molar refractivity (Wildman–Crippen MR) is 119 cm³/mol. The van der Waals surface area contributed by atoms with Gasteiger partial charge in [-0.25, -0.2) is 9.78 Å². The fourth-order valence-corrected chi connectivity index (χ4v) is 3.19. The van der Waals surface area contributed by atoms with Crippen molar-refractivity contribution < 1.29 is 23.9 Å². The van der Waals surface area contributed by atoms with E-state index < -0.39 is 28.7 Å². The van der Waals surface area contributed by atoms with Gasteiger partial charge in [0.1, 0.15) is 5.82 Å². The van der Waals surface area contributed by atoms with Crippen LogP contribution in [0.4, 0.5) is 5.69 Å². The molecule has 166 valence electrons. The Morgan fingerprint density at radius 2 is 2.06 bits per heavy atom. The molecular weight excluding hydrogens is 488 g/mol. The van der Waals surface area contributed by atoms with E-state index in [2.05, 4.69) is 30.8 Å². The van der Waals surface area contributed by atoms with Gasteiger partial charge in [0, 0.05) is 16.1 Å². The molecule has 0 aliphatic heterocycles. The summed E-state index contributed by atoms with van der Waals surface area (Å²) in [6.45, 7) is 1.08. The van der Waals surface area contributed by atoms with Gasteiger partial charge in [0.05, 0.1) is 36.3 Å². The number of nitro groups is 1. The summed E-state index contributed by atoms with van der Waals surface area (Å²) in [6.07, 6.45) is 1.26. The van der Waals surface area contributed by atoms with Gasteiger partial charge in [0.15, 0.2) is 12.4 Å². The third kappa shape index (κ3) is 4.75. The molecule has 0 fully saturated rings. The fourth-order valence-electron chi connectivity index (χ4n) is 2.83. The molecule has 3 rings (SSSR count). The zero-order chi connectivity index (χ0) is 23.4. The van der Waals surface area contributed by atoms with Crippen molar-refractivity contribution in [3.63, 3.8) is 0 Å². The Hall–Kier alpha value is -3.80. The van der Waals surface area contributed by atoms with Crippen molar-refractivity contribution in [1.29, 1.82) is 0 Å². The topological polar surface area (TPSA) is 135 Å². The van der Waals surface area contributed by atoms with Crippen molar-refractivity contribution in [3.8, 4) is 11.5 Å². The number of benzene rings is 2. The van der Waals surface area contributed by atoms with Gasteiger partial charge in [0.25, 0.3) is 5.56 Å². The molecule has 0 aliphatic rings. The lowest BCUT2D eigenvalue weighted by Crippen LogP contribution is -2.20. The predicted octanol–water partition coefficient (Wildman–Crippen LogP) is 2.82. The average Bonchev–Trinajstić information content (AvgIpc) is 2.77. The van der Waals surface area contributed by atoms with E-state index >= 15 is 0 Å². The van der Waals surface area contributed by atoms with Gasteiger partial charge < -0.3 is 14.2 Å². The Balaban J connectivity index is 2.05. The monoisotopic (exact) mass is 504 g/mol. The lowest BCUT2D eigenvalue weighted by Gasteiger charge is -2.11. The van der Waals surface area contributed by atoms with Crippen LogP contribution in [-0.2, 0) is 9.53 Å². The highest BCUT2D eigenvalue weighted by Crippen LogP contribution is 2.38. The highest BCUT2D eigenvalue weighted by molar-refractivity contribution is 9.10. The van der Waals surface area contributed by atoms with Crippen LogP contribution in [0, 0.1) is 17.0 Å². The first-order chi connectivity index (χ1) is 15.2. The number of nitrogens with zero attached hydrogens (tertiary/aromatic N) is 4. The maximum absolute atomic E-state index is 12.8. The van der Waals surface area contributed by atoms with Gasteiger partial charge in [0.2, 0.25) is 5.75 Å². The molecule has 11 nitrogen and oxygen atoms in total. The molecule has 0 spiro atoms. The molecule has 2 aromatic carbocycles. The van der Waals surface area contributed by atoms with Crippen LogP contribution in [0.3, 0.4) is 0 Å². The smallest absolute Gasteiger partial charge is 0.343 e.